The molecular formula is C24H44O2. The molecule has 0 aromatic carbocycles. The van der Waals surface area contributed by atoms with Crippen LogP contribution in [0.5, 0.6) is 0 Å². The number of hydrogen-bond acceptors (Lipinski definition) is 2. The van der Waals surface area contributed by atoms with E-state index >= 15 is 0 Å². The number of esters is 1. The predicted octanol–water partition coefficient (Wildman–Crippen LogP) is 7.92. The summed E-state index contributed by atoms with van der Waals surface area (Å²) in [5.41, 5.74) is 0. The van der Waals surface area contributed by atoms with E-state index in [9.17, 15) is 4.79 Å². The molecule has 2 heteroatoms. The van der Waals surface area contributed by atoms with E-state index in [0.29, 0.717) is 6.61 Å². The van der Waals surface area contributed by atoms with E-state index in [4.69, 9.17) is 4.74 Å². The third kappa shape index (κ3) is 21.0. The summed E-state index contributed by atoms with van der Waals surface area (Å²) in [5.74, 6) is -0.303. The van der Waals surface area contributed by atoms with Crippen LogP contribution in [0, 0.1) is 0 Å². The minimum Gasteiger partial charge on any atom is -0.463 e. The fourth-order valence-electron chi connectivity index (χ4n) is 3.11. The van der Waals surface area contributed by atoms with Crippen molar-refractivity contribution in [1.82, 2.24) is 0 Å². The van der Waals surface area contributed by atoms with Gasteiger partial charge in [0.1, 0.15) is 0 Å². The van der Waals surface area contributed by atoms with Crippen LogP contribution in [0.2, 0.25) is 0 Å². The van der Waals surface area contributed by atoms with Crippen LogP contribution in [0.1, 0.15) is 116 Å². The zero-order valence-corrected chi connectivity index (χ0v) is 17.5. The van der Waals surface area contributed by atoms with Crippen LogP contribution in [-0.4, -0.2) is 12.6 Å². The highest BCUT2D eigenvalue weighted by molar-refractivity contribution is 5.81. The lowest BCUT2D eigenvalue weighted by Gasteiger charge is -2.03. The van der Waals surface area contributed by atoms with Gasteiger partial charge in [-0.3, -0.25) is 0 Å². The molecule has 0 heterocycles. The lowest BCUT2D eigenvalue weighted by Crippen LogP contribution is -2.01. The molecule has 0 rings (SSSR count). The average molecular weight is 365 g/mol. The first-order chi connectivity index (χ1) is 12.8. The minimum atomic E-state index is -0.303. The minimum absolute atomic E-state index is 0.303. The van der Waals surface area contributed by atoms with Crippen molar-refractivity contribution in [3.8, 4) is 0 Å². The number of carbonyl (C=O) groups is 1. The van der Waals surface area contributed by atoms with Gasteiger partial charge >= 0.3 is 5.97 Å². The van der Waals surface area contributed by atoms with E-state index in [1.54, 1.807) is 0 Å². The molecule has 0 atom stereocenters. The standard InChI is InChI=1S/C24H44O2/c1-3-5-6-7-8-9-10-11-12-13-14-15-16-17-18-19-20-21-22-23-26-24(25)4-2/h4,11-12H,2-3,5-10,13-23H2,1H3/b12-11+. The van der Waals surface area contributed by atoms with Crippen LogP contribution in [0.15, 0.2) is 24.8 Å². The van der Waals surface area contributed by atoms with E-state index in [1.165, 1.54) is 102 Å². The Morgan fingerprint density at radius 1 is 0.692 bits per heavy atom. The fraction of sp³-hybridized carbons (Fsp3) is 0.792. The average Bonchev–Trinajstić information content (AvgIpc) is 2.66. The Hall–Kier alpha value is -1.05. The van der Waals surface area contributed by atoms with Gasteiger partial charge in [-0.2, -0.15) is 0 Å². The van der Waals surface area contributed by atoms with Gasteiger partial charge in [-0.25, -0.2) is 4.79 Å². The Labute approximate surface area is 163 Å². The first kappa shape index (κ1) is 24.9. The smallest absolute Gasteiger partial charge is 0.330 e. The predicted molar refractivity (Wildman–Crippen MR) is 114 cm³/mol. The second-order valence-corrected chi connectivity index (χ2v) is 7.37. The van der Waals surface area contributed by atoms with E-state index in [-0.39, 0.29) is 5.97 Å². The topological polar surface area (TPSA) is 26.3 Å². The van der Waals surface area contributed by atoms with Crippen molar-refractivity contribution < 1.29 is 9.53 Å². The lowest BCUT2D eigenvalue weighted by molar-refractivity contribution is -0.137. The summed E-state index contributed by atoms with van der Waals surface area (Å²) in [6.07, 6.45) is 28.4. The molecule has 0 N–H and O–H groups in total. The molecule has 0 amide bonds. The SMILES string of the molecule is C=CC(=O)OCCCCCCCCCCC/C=C/CCCCCCCC. The van der Waals surface area contributed by atoms with E-state index in [1.807, 2.05) is 0 Å². The quantitative estimate of drug-likeness (QED) is 0.0948. The molecule has 0 aromatic heterocycles. The van der Waals surface area contributed by atoms with Gasteiger partial charge in [0, 0.05) is 6.08 Å². The number of allylic oxidation sites excluding steroid dienone is 2. The first-order valence-electron chi connectivity index (χ1n) is 11.3. The maximum absolute atomic E-state index is 10.9. The van der Waals surface area contributed by atoms with E-state index in [0.717, 1.165) is 12.8 Å². The van der Waals surface area contributed by atoms with Crippen molar-refractivity contribution >= 4 is 5.97 Å². The summed E-state index contributed by atoms with van der Waals surface area (Å²) in [6.45, 7) is 6.20. The molecular weight excluding hydrogens is 320 g/mol. The second-order valence-electron chi connectivity index (χ2n) is 7.37. The molecule has 0 saturated heterocycles. The molecule has 0 aliphatic rings. The third-order valence-corrected chi connectivity index (χ3v) is 4.82. The van der Waals surface area contributed by atoms with Crippen LogP contribution in [0.25, 0.3) is 0 Å². The molecule has 152 valence electrons. The van der Waals surface area contributed by atoms with Crippen molar-refractivity contribution in [2.45, 2.75) is 116 Å². The van der Waals surface area contributed by atoms with Gasteiger partial charge in [0.15, 0.2) is 0 Å². The maximum Gasteiger partial charge on any atom is 0.330 e. The highest BCUT2D eigenvalue weighted by atomic mass is 16.5. The Bertz CT molecular complexity index is 333. The van der Waals surface area contributed by atoms with Crippen LogP contribution in [0.4, 0.5) is 0 Å². The van der Waals surface area contributed by atoms with Gasteiger partial charge in [-0.1, -0.05) is 103 Å². The molecule has 0 aliphatic heterocycles. The molecule has 0 saturated carbocycles. The number of rotatable bonds is 20. The molecule has 0 spiro atoms. The number of carbonyl (C=O) groups excluding carboxylic acids is 1. The van der Waals surface area contributed by atoms with Crippen molar-refractivity contribution in [3.63, 3.8) is 0 Å². The fourth-order valence-corrected chi connectivity index (χ4v) is 3.11. The molecule has 0 aliphatic carbocycles. The summed E-state index contributed by atoms with van der Waals surface area (Å²) < 4.78 is 4.96. The van der Waals surface area contributed by atoms with Gasteiger partial charge in [-0.05, 0) is 32.1 Å². The Balaban J connectivity index is 3.09. The normalized spacial score (nSPS) is 11.1. The third-order valence-electron chi connectivity index (χ3n) is 4.82. The molecule has 0 radical (unpaired) electrons. The van der Waals surface area contributed by atoms with Crippen molar-refractivity contribution in [3.05, 3.63) is 24.8 Å². The van der Waals surface area contributed by atoms with Crippen LogP contribution >= 0.6 is 0 Å². The monoisotopic (exact) mass is 364 g/mol. The van der Waals surface area contributed by atoms with Crippen LogP contribution in [0.3, 0.4) is 0 Å². The van der Waals surface area contributed by atoms with E-state index in [2.05, 4.69) is 25.7 Å². The number of hydrogen-bond donors (Lipinski definition) is 0. The molecule has 2 nitrogen and oxygen atoms in total. The van der Waals surface area contributed by atoms with Gasteiger partial charge in [-0.15, -0.1) is 0 Å². The van der Waals surface area contributed by atoms with Gasteiger partial charge in [0.25, 0.3) is 0 Å². The van der Waals surface area contributed by atoms with Gasteiger partial charge < -0.3 is 4.74 Å². The maximum atomic E-state index is 10.9. The summed E-state index contributed by atoms with van der Waals surface area (Å²) in [6, 6.07) is 0. The molecule has 0 fully saturated rings. The Morgan fingerprint density at radius 2 is 1.12 bits per heavy atom. The zero-order valence-electron chi connectivity index (χ0n) is 17.5. The number of unbranched alkanes of at least 4 members (excludes halogenated alkanes) is 15. The van der Waals surface area contributed by atoms with Gasteiger partial charge in [0.05, 0.1) is 6.61 Å². The van der Waals surface area contributed by atoms with Crippen molar-refractivity contribution in [2.24, 2.45) is 0 Å². The summed E-state index contributed by atoms with van der Waals surface area (Å²) in [5, 5.41) is 0. The van der Waals surface area contributed by atoms with Crippen molar-refractivity contribution in [1.29, 1.82) is 0 Å². The molecule has 26 heavy (non-hydrogen) atoms. The van der Waals surface area contributed by atoms with Crippen LogP contribution in [-0.2, 0) is 9.53 Å². The zero-order chi connectivity index (χ0) is 19.1. The number of ether oxygens (including phenoxy) is 1. The molecule has 0 unspecified atom stereocenters. The Morgan fingerprint density at radius 3 is 1.58 bits per heavy atom. The molecule has 0 bridgehead atoms. The lowest BCUT2D eigenvalue weighted by atomic mass is 10.1. The Kier molecular flexibility index (Phi) is 21.1. The van der Waals surface area contributed by atoms with Crippen molar-refractivity contribution in [2.75, 3.05) is 6.61 Å². The summed E-state index contributed by atoms with van der Waals surface area (Å²) >= 11 is 0. The second kappa shape index (κ2) is 22.0. The highest BCUT2D eigenvalue weighted by Crippen LogP contribution is 2.11. The largest absolute Gasteiger partial charge is 0.463 e. The summed E-state index contributed by atoms with van der Waals surface area (Å²) in [4.78, 5) is 10.9. The first-order valence-corrected chi connectivity index (χ1v) is 11.3. The highest BCUT2D eigenvalue weighted by Gasteiger charge is 1.96. The van der Waals surface area contributed by atoms with Crippen LogP contribution < -0.4 is 0 Å². The molecule has 0 aromatic rings. The summed E-state index contributed by atoms with van der Waals surface area (Å²) in [7, 11) is 0. The van der Waals surface area contributed by atoms with E-state index < -0.39 is 0 Å². The van der Waals surface area contributed by atoms with Gasteiger partial charge in [0.2, 0.25) is 0 Å².